The third-order valence-corrected chi connectivity index (χ3v) is 7.28. The van der Waals surface area contributed by atoms with Gasteiger partial charge in [-0.25, -0.2) is 9.29 Å². The molecule has 3 aromatic carbocycles. The zero-order chi connectivity index (χ0) is 23.6. The summed E-state index contributed by atoms with van der Waals surface area (Å²) >= 11 is 0. The van der Waals surface area contributed by atoms with Gasteiger partial charge in [0.1, 0.15) is 11.4 Å². The van der Waals surface area contributed by atoms with Crippen molar-refractivity contribution < 1.29 is 18.8 Å². The Morgan fingerprint density at radius 3 is 2.29 bits per heavy atom. The number of nitrogens with one attached hydrogen (secondary N) is 1. The molecule has 0 bridgehead atoms. The summed E-state index contributed by atoms with van der Waals surface area (Å²) in [5.41, 5.74) is 1.32. The second-order valence-corrected chi connectivity index (χ2v) is 9.13. The second-order valence-electron chi connectivity index (χ2n) is 9.13. The second kappa shape index (κ2) is 7.33. The lowest BCUT2D eigenvalue weighted by Crippen LogP contribution is -2.54. The summed E-state index contributed by atoms with van der Waals surface area (Å²) in [6.45, 7) is 2.08. The Bertz CT molecular complexity index is 1330. The fourth-order valence-corrected chi connectivity index (χ4v) is 5.87. The number of hydrogen-bond acceptors (Lipinski definition) is 4. The van der Waals surface area contributed by atoms with Crippen LogP contribution in [-0.2, 0) is 26.5 Å². The summed E-state index contributed by atoms with van der Waals surface area (Å²) in [6, 6.07) is 21.9. The highest BCUT2D eigenvalue weighted by Gasteiger charge is 2.71. The molecule has 3 aromatic rings. The smallest absolute Gasteiger partial charge is 0.253 e. The summed E-state index contributed by atoms with van der Waals surface area (Å²) in [4.78, 5) is 44.3. The molecule has 6 rings (SSSR count). The van der Waals surface area contributed by atoms with Crippen molar-refractivity contribution in [2.75, 3.05) is 9.80 Å². The van der Waals surface area contributed by atoms with Crippen molar-refractivity contribution >= 4 is 29.1 Å². The highest BCUT2D eigenvalue weighted by atomic mass is 19.1. The fraction of sp³-hybridized carbons (Fsp3) is 0.222. The van der Waals surface area contributed by atoms with Crippen molar-refractivity contribution in [3.05, 3.63) is 95.8 Å². The molecule has 0 radical (unpaired) electrons. The number of carbonyl (C=O) groups is 3. The number of halogens is 1. The Kier molecular flexibility index (Phi) is 4.47. The molecular formula is C27H22FN3O3. The van der Waals surface area contributed by atoms with Gasteiger partial charge in [-0.3, -0.25) is 19.7 Å². The van der Waals surface area contributed by atoms with Crippen molar-refractivity contribution in [1.82, 2.24) is 5.32 Å². The third-order valence-electron chi connectivity index (χ3n) is 7.28. The van der Waals surface area contributed by atoms with Crippen LogP contribution in [0.1, 0.15) is 18.1 Å². The van der Waals surface area contributed by atoms with Crippen LogP contribution in [0.4, 0.5) is 15.8 Å². The van der Waals surface area contributed by atoms with Crippen LogP contribution in [0.2, 0.25) is 0 Å². The minimum atomic E-state index is -1.34. The number of fused-ring (bicyclic) bond motifs is 4. The summed E-state index contributed by atoms with van der Waals surface area (Å²) in [7, 11) is 0. The van der Waals surface area contributed by atoms with E-state index in [4.69, 9.17) is 0 Å². The molecule has 2 saturated heterocycles. The van der Waals surface area contributed by atoms with Crippen LogP contribution in [0.15, 0.2) is 78.9 Å². The van der Waals surface area contributed by atoms with E-state index in [0.717, 1.165) is 5.56 Å². The van der Waals surface area contributed by atoms with E-state index in [0.29, 0.717) is 16.9 Å². The fourth-order valence-electron chi connectivity index (χ4n) is 5.87. The first-order chi connectivity index (χ1) is 16.4. The van der Waals surface area contributed by atoms with Crippen molar-refractivity contribution in [3.63, 3.8) is 0 Å². The number of hydrogen-bond donors (Lipinski definition) is 1. The van der Waals surface area contributed by atoms with E-state index in [2.05, 4.69) is 5.32 Å². The van der Waals surface area contributed by atoms with E-state index >= 15 is 0 Å². The molecule has 6 nitrogen and oxygen atoms in total. The van der Waals surface area contributed by atoms with E-state index in [1.807, 2.05) is 37.3 Å². The number of nitrogens with zero attached hydrogens (tertiary/aromatic N) is 2. The summed E-state index contributed by atoms with van der Waals surface area (Å²) in [6.07, 6.45) is 0. The zero-order valence-electron chi connectivity index (χ0n) is 18.4. The van der Waals surface area contributed by atoms with Crippen molar-refractivity contribution in [2.45, 2.75) is 25.0 Å². The molecule has 1 spiro atoms. The number of amides is 3. The lowest BCUT2D eigenvalue weighted by atomic mass is 9.76. The first kappa shape index (κ1) is 20.7. The highest BCUT2D eigenvalue weighted by Crippen LogP contribution is 2.55. The van der Waals surface area contributed by atoms with E-state index < -0.39 is 17.4 Å². The quantitative estimate of drug-likeness (QED) is 0.615. The van der Waals surface area contributed by atoms with Crippen LogP contribution in [0.25, 0.3) is 0 Å². The predicted molar refractivity (Wildman–Crippen MR) is 124 cm³/mol. The van der Waals surface area contributed by atoms with Gasteiger partial charge in [0.05, 0.1) is 24.1 Å². The maximum atomic E-state index is 14.1. The van der Waals surface area contributed by atoms with Gasteiger partial charge < -0.3 is 4.90 Å². The lowest BCUT2D eigenvalue weighted by Gasteiger charge is -2.30. The predicted octanol–water partition coefficient (Wildman–Crippen LogP) is 3.37. The van der Waals surface area contributed by atoms with E-state index in [9.17, 15) is 18.8 Å². The van der Waals surface area contributed by atoms with E-state index in [-0.39, 0.29) is 36.1 Å². The Morgan fingerprint density at radius 1 is 0.882 bits per heavy atom. The molecule has 0 aromatic heterocycles. The molecule has 3 amide bonds. The third kappa shape index (κ3) is 2.67. The highest BCUT2D eigenvalue weighted by molar-refractivity contribution is 6.26. The van der Waals surface area contributed by atoms with Gasteiger partial charge in [-0.05, 0) is 42.8 Å². The van der Waals surface area contributed by atoms with Crippen LogP contribution < -0.4 is 15.1 Å². The monoisotopic (exact) mass is 455 g/mol. The molecule has 3 heterocycles. The maximum Gasteiger partial charge on any atom is 0.253 e. The average Bonchev–Trinajstić information content (AvgIpc) is 3.39. The topological polar surface area (TPSA) is 69.7 Å². The van der Waals surface area contributed by atoms with Gasteiger partial charge in [0.25, 0.3) is 5.91 Å². The Labute approximate surface area is 196 Å². The molecule has 34 heavy (non-hydrogen) atoms. The van der Waals surface area contributed by atoms with Crippen LogP contribution in [0, 0.1) is 17.7 Å². The molecule has 0 aliphatic carbocycles. The van der Waals surface area contributed by atoms with Gasteiger partial charge in [-0.1, -0.05) is 48.5 Å². The Balaban J connectivity index is 1.46. The maximum absolute atomic E-state index is 14.1. The number of imide groups is 1. The summed E-state index contributed by atoms with van der Waals surface area (Å²) in [5, 5.41) is 3.38. The SMILES string of the molecule is C[C@@H]1N[C@]2(C(=O)N(Cc3ccc(F)cc3)c3ccccc32)[C@H]2C(=O)N(c3ccccc3)C(=O)[C@H]12. The lowest BCUT2D eigenvalue weighted by molar-refractivity contribution is -0.132. The van der Waals surface area contributed by atoms with Gasteiger partial charge in [0.2, 0.25) is 11.8 Å². The molecule has 170 valence electrons. The number of para-hydroxylation sites is 2. The Hall–Kier alpha value is -3.84. The van der Waals surface area contributed by atoms with Crippen molar-refractivity contribution in [1.29, 1.82) is 0 Å². The molecule has 0 unspecified atom stereocenters. The summed E-state index contributed by atoms with van der Waals surface area (Å²) < 4.78 is 13.4. The van der Waals surface area contributed by atoms with E-state index in [1.165, 1.54) is 17.0 Å². The van der Waals surface area contributed by atoms with Crippen LogP contribution in [0.5, 0.6) is 0 Å². The van der Waals surface area contributed by atoms with Crippen molar-refractivity contribution in [2.24, 2.45) is 11.8 Å². The molecule has 4 atom stereocenters. The standard InChI is InChI=1S/C27H22FN3O3/c1-16-22-23(25(33)31(24(22)32)19-7-3-2-4-8-19)27(29-16)20-9-5-6-10-21(20)30(26(27)34)15-17-11-13-18(28)14-12-17/h2-14,16,22-23,29H,15H2,1H3/t16-,22+,23+,27-/m0/s1. The largest absolute Gasteiger partial charge is 0.306 e. The normalized spacial score (nSPS) is 27.6. The minimum absolute atomic E-state index is 0.232. The van der Waals surface area contributed by atoms with Gasteiger partial charge in [0.15, 0.2) is 0 Å². The molecule has 3 aliphatic heterocycles. The molecule has 0 saturated carbocycles. The van der Waals surface area contributed by atoms with Crippen LogP contribution in [-0.4, -0.2) is 23.8 Å². The van der Waals surface area contributed by atoms with E-state index in [1.54, 1.807) is 41.3 Å². The number of anilines is 2. The molecule has 2 fully saturated rings. The Morgan fingerprint density at radius 2 is 1.56 bits per heavy atom. The van der Waals surface area contributed by atoms with Gasteiger partial charge >= 0.3 is 0 Å². The number of carbonyl (C=O) groups excluding carboxylic acids is 3. The molecule has 3 aliphatic rings. The minimum Gasteiger partial charge on any atom is -0.306 e. The number of rotatable bonds is 3. The first-order valence-corrected chi connectivity index (χ1v) is 11.3. The van der Waals surface area contributed by atoms with Gasteiger partial charge in [0, 0.05) is 17.3 Å². The zero-order valence-corrected chi connectivity index (χ0v) is 18.4. The molecular weight excluding hydrogens is 433 g/mol. The van der Waals surface area contributed by atoms with Crippen LogP contribution in [0.3, 0.4) is 0 Å². The van der Waals surface area contributed by atoms with Crippen molar-refractivity contribution in [3.8, 4) is 0 Å². The summed E-state index contributed by atoms with van der Waals surface area (Å²) in [5.74, 6) is -2.80. The van der Waals surface area contributed by atoms with Gasteiger partial charge in [-0.15, -0.1) is 0 Å². The number of benzene rings is 3. The van der Waals surface area contributed by atoms with Gasteiger partial charge in [-0.2, -0.15) is 0 Å². The van der Waals surface area contributed by atoms with Crippen LogP contribution >= 0.6 is 0 Å². The molecule has 7 heteroatoms. The molecule has 1 N–H and O–H groups in total. The first-order valence-electron chi connectivity index (χ1n) is 11.3. The average molecular weight is 455 g/mol.